The number of unbranched alkanes of at least 4 members (excludes halogenated alkanes) is 35. The number of ether oxygens (including phenoxy) is 4. The molecule has 6 atom stereocenters. The first-order valence-electron chi connectivity index (χ1n) is 33.7. The van der Waals surface area contributed by atoms with Gasteiger partial charge in [-0.1, -0.05) is 272 Å². The first-order valence-corrected chi connectivity index (χ1v) is 36.7. The molecule has 0 fully saturated rings. The maximum atomic E-state index is 13.0. The highest BCUT2D eigenvalue weighted by Crippen LogP contribution is 2.45. The van der Waals surface area contributed by atoms with Crippen LogP contribution in [0.3, 0.4) is 0 Å². The van der Waals surface area contributed by atoms with E-state index in [0.717, 1.165) is 102 Å². The maximum absolute atomic E-state index is 13.0. The molecule has 0 aliphatic heterocycles. The normalized spacial score (nSPS) is 14.6. The number of phosphoric acid groups is 2. The van der Waals surface area contributed by atoms with Gasteiger partial charge in [-0.05, 0) is 31.6 Å². The summed E-state index contributed by atoms with van der Waals surface area (Å²) in [5.41, 5.74) is 0. The van der Waals surface area contributed by atoms with Gasteiger partial charge in [0.15, 0.2) is 12.2 Å². The second-order valence-electron chi connectivity index (χ2n) is 23.4. The third-order valence-corrected chi connectivity index (χ3v) is 17.0. The van der Waals surface area contributed by atoms with Gasteiger partial charge in [-0.15, -0.1) is 0 Å². The van der Waals surface area contributed by atoms with Crippen molar-refractivity contribution in [3.63, 3.8) is 0 Å². The Labute approximate surface area is 505 Å². The van der Waals surface area contributed by atoms with E-state index in [1.54, 1.807) is 0 Å². The molecule has 0 saturated carbocycles. The number of carbonyl (C=O) groups is 4. The van der Waals surface area contributed by atoms with Crippen LogP contribution >= 0.6 is 15.6 Å². The van der Waals surface area contributed by atoms with Crippen molar-refractivity contribution in [2.75, 3.05) is 39.6 Å². The van der Waals surface area contributed by atoms with Gasteiger partial charge in [0.25, 0.3) is 0 Å². The van der Waals surface area contributed by atoms with Crippen molar-refractivity contribution in [1.82, 2.24) is 0 Å². The zero-order valence-electron chi connectivity index (χ0n) is 53.3. The number of aliphatic hydroxyl groups is 1. The number of esters is 4. The van der Waals surface area contributed by atoms with Crippen LogP contribution in [0.2, 0.25) is 0 Å². The molecule has 0 heterocycles. The Morgan fingerprint density at radius 3 is 0.855 bits per heavy atom. The molecule has 0 aromatic heterocycles. The number of hydrogen-bond donors (Lipinski definition) is 3. The minimum Gasteiger partial charge on any atom is -0.462 e. The zero-order chi connectivity index (χ0) is 61.3. The van der Waals surface area contributed by atoms with E-state index in [0.29, 0.717) is 25.7 Å². The Bertz CT molecular complexity index is 1620. The lowest BCUT2D eigenvalue weighted by Crippen LogP contribution is -2.30. The Morgan fingerprint density at radius 1 is 0.337 bits per heavy atom. The fraction of sp³-hybridized carbons (Fsp3) is 0.938. The van der Waals surface area contributed by atoms with E-state index in [4.69, 9.17) is 37.0 Å². The van der Waals surface area contributed by atoms with E-state index in [9.17, 15) is 43.2 Å². The van der Waals surface area contributed by atoms with Crippen LogP contribution in [-0.2, 0) is 65.4 Å². The average Bonchev–Trinajstić information content (AvgIpc) is 3.46. The molecule has 492 valence electrons. The first kappa shape index (κ1) is 81.1. The molecule has 0 rings (SSSR count). The molecule has 0 aliphatic rings. The SMILES string of the molecule is CCCCCCCCCCCCCCCC(=O)O[C@H](COC(=O)CCCCCCCCCCCCCC)COP(=O)(O)OC[C@@H](O)COP(=O)(O)OC[C@@H](COC(=O)CCCCCCCCCC)OC(=O)CCCCCCCCC(C)CC. The third-order valence-electron chi connectivity index (χ3n) is 15.1. The summed E-state index contributed by atoms with van der Waals surface area (Å²) in [5.74, 6) is -1.41. The highest BCUT2D eigenvalue weighted by Gasteiger charge is 2.30. The van der Waals surface area contributed by atoms with Gasteiger partial charge in [-0.25, -0.2) is 9.13 Å². The molecule has 0 aromatic carbocycles. The van der Waals surface area contributed by atoms with Crippen LogP contribution < -0.4 is 0 Å². The van der Waals surface area contributed by atoms with Gasteiger partial charge < -0.3 is 33.8 Å². The number of aliphatic hydroxyl groups excluding tert-OH is 1. The van der Waals surface area contributed by atoms with Gasteiger partial charge in [0.2, 0.25) is 0 Å². The molecule has 17 nitrogen and oxygen atoms in total. The van der Waals surface area contributed by atoms with Crippen molar-refractivity contribution in [2.24, 2.45) is 5.92 Å². The molecule has 3 N–H and O–H groups in total. The number of phosphoric ester groups is 2. The predicted molar refractivity (Wildman–Crippen MR) is 331 cm³/mol. The molecule has 19 heteroatoms. The summed E-state index contributed by atoms with van der Waals surface area (Å²) in [5, 5.41) is 10.5. The van der Waals surface area contributed by atoms with E-state index in [2.05, 4.69) is 34.6 Å². The van der Waals surface area contributed by atoms with Gasteiger partial charge in [0.05, 0.1) is 26.4 Å². The molecule has 0 amide bonds. The van der Waals surface area contributed by atoms with Crippen molar-refractivity contribution >= 4 is 39.5 Å². The third kappa shape index (κ3) is 57.6. The van der Waals surface area contributed by atoms with E-state index >= 15 is 0 Å². The van der Waals surface area contributed by atoms with Crippen LogP contribution in [0.5, 0.6) is 0 Å². The first-order chi connectivity index (χ1) is 40.1. The second-order valence-corrected chi connectivity index (χ2v) is 26.3. The number of rotatable bonds is 64. The van der Waals surface area contributed by atoms with Crippen molar-refractivity contribution in [3.05, 3.63) is 0 Å². The highest BCUT2D eigenvalue weighted by atomic mass is 31.2. The molecular formula is C64H124O17P2. The molecule has 0 spiro atoms. The summed E-state index contributed by atoms with van der Waals surface area (Å²) in [6.07, 6.45) is 41.6. The lowest BCUT2D eigenvalue weighted by molar-refractivity contribution is -0.161. The molecule has 3 unspecified atom stereocenters. The summed E-state index contributed by atoms with van der Waals surface area (Å²) in [7, 11) is -9.88. The fourth-order valence-corrected chi connectivity index (χ4v) is 11.1. The lowest BCUT2D eigenvalue weighted by Gasteiger charge is -2.21. The van der Waals surface area contributed by atoms with E-state index in [-0.39, 0.29) is 25.7 Å². The molecule has 0 aromatic rings. The standard InChI is InChI=1S/C64H124O17P2/c1-6-10-13-16-19-22-24-26-28-30-33-39-44-49-63(68)80-59(53-75-62(67)48-43-38-32-29-27-25-23-20-17-14-11-7-2)55-78-82(70,71)76-51-58(65)52-77-83(72,73)79-56-60(54-74-61(66)47-42-37-31-21-18-15-12-8-3)81-64(69)50-45-40-35-34-36-41-46-57(5)9-4/h57-60,65H,6-56H2,1-5H3,(H,70,71)(H,72,73)/t57?,58-,59-,60-/m1/s1. The van der Waals surface area contributed by atoms with Crippen LogP contribution in [0.4, 0.5) is 0 Å². The Morgan fingerprint density at radius 2 is 0.578 bits per heavy atom. The summed E-state index contributed by atoms with van der Waals surface area (Å²) in [6, 6.07) is 0. The Hall–Kier alpha value is -1.94. The predicted octanol–water partition coefficient (Wildman–Crippen LogP) is 17.8. The van der Waals surface area contributed by atoms with Crippen LogP contribution in [0.1, 0.15) is 324 Å². The van der Waals surface area contributed by atoms with Gasteiger partial charge in [0, 0.05) is 25.7 Å². The minimum atomic E-state index is -4.94. The Kier molecular flexibility index (Phi) is 56.4. The summed E-state index contributed by atoms with van der Waals surface area (Å²) >= 11 is 0. The van der Waals surface area contributed by atoms with Crippen molar-refractivity contribution in [1.29, 1.82) is 0 Å². The van der Waals surface area contributed by atoms with Gasteiger partial charge >= 0.3 is 39.5 Å². The van der Waals surface area contributed by atoms with Gasteiger partial charge in [-0.2, -0.15) is 0 Å². The van der Waals surface area contributed by atoms with Crippen LogP contribution in [-0.4, -0.2) is 96.7 Å². The lowest BCUT2D eigenvalue weighted by atomic mass is 10.00. The average molecular weight is 1230 g/mol. The van der Waals surface area contributed by atoms with E-state index in [1.807, 2.05) is 0 Å². The topological polar surface area (TPSA) is 237 Å². The van der Waals surface area contributed by atoms with E-state index < -0.39 is 97.5 Å². The molecule has 0 aliphatic carbocycles. The summed E-state index contributed by atoms with van der Waals surface area (Å²) < 4.78 is 68.0. The molecular weight excluding hydrogens is 1100 g/mol. The van der Waals surface area contributed by atoms with Crippen LogP contribution in [0.15, 0.2) is 0 Å². The summed E-state index contributed by atoms with van der Waals surface area (Å²) in [6.45, 7) is 7.13. The molecule has 83 heavy (non-hydrogen) atoms. The van der Waals surface area contributed by atoms with E-state index in [1.165, 1.54) is 141 Å². The number of hydrogen-bond acceptors (Lipinski definition) is 15. The fourth-order valence-electron chi connectivity index (χ4n) is 9.55. The second kappa shape index (κ2) is 57.8. The largest absolute Gasteiger partial charge is 0.472 e. The zero-order valence-corrected chi connectivity index (χ0v) is 55.1. The summed E-state index contributed by atoms with van der Waals surface area (Å²) in [4.78, 5) is 72.2. The van der Waals surface area contributed by atoms with Crippen molar-refractivity contribution in [3.8, 4) is 0 Å². The number of carbonyl (C=O) groups excluding carboxylic acids is 4. The van der Waals surface area contributed by atoms with Crippen molar-refractivity contribution in [2.45, 2.75) is 342 Å². The molecule has 0 bridgehead atoms. The Balaban J connectivity index is 5.23. The quantitative estimate of drug-likeness (QED) is 0.0222. The highest BCUT2D eigenvalue weighted by molar-refractivity contribution is 7.47. The maximum Gasteiger partial charge on any atom is 0.472 e. The van der Waals surface area contributed by atoms with Gasteiger partial charge in [0.1, 0.15) is 19.3 Å². The van der Waals surface area contributed by atoms with Gasteiger partial charge in [-0.3, -0.25) is 37.3 Å². The minimum absolute atomic E-state index is 0.103. The smallest absolute Gasteiger partial charge is 0.462 e. The molecule has 0 saturated heterocycles. The monoisotopic (exact) mass is 1230 g/mol. The van der Waals surface area contributed by atoms with Crippen molar-refractivity contribution < 1.29 is 80.2 Å². The molecule has 0 radical (unpaired) electrons. The van der Waals surface area contributed by atoms with Crippen LogP contribution in [0.25, 0.3) is 0 Å². The van der Waals surface area contributed by atoms with Crippen LogP contribution in [0, 0.1) is 5.92 Å².